The number of nitrogens with zero attached hydrogens (tertiary/aromatic N) is 2. The molecular formula is C18H21N3O2. The largest absolute Gasteiger partial charge is 0.367 e. The molecule has 23 heavy (non-hydrogen) atoms. The second-order valence-electron chi connectivity index (χ2n) is 5.73. The van der Waals surface area contributed by atoms with E-state index in [-0.39, 0.29) is 18.1 Å². The Morgan fingerprint density at radius 1 is 1.26 bits per heavy atom. The molecule has 1 saturated heterocycles. The van der Waals surface area contributed by atoms with Crippen molar-refractivity contribution in [1.29, 1.82) is 0 Å². The fraction of sp³-hybridized carbons (Fsp3) is 0.333. The number of rotatable bonds is 3. The standard InChI is InChI=1S/C18H21N3O2/c1-13-11-21(12-17(23-13)14-6-4-3-5-7-14)15-8-9-20-16(10-15)18(22)19-2/h3-10,13,17H,11-12H2,1-2H3,(H,19,22)/t13-,17+/m0/s1. The third kappa shape index (κ3) is 3.51. The molecule has 5 heteroatoms. The van der Waals surface area contributed by atoms with Crippen LogP contribution in [0.5, 0.6) is 0 Å². The van der Waals surface area contributed by atoms with E-state index >= 15 is 0 Å². The molecule has 0 spiro atoms. The Labute approximate surface area is 136 Å². The molecule has 1 aromatic carbocycles. The summed E-state index contributed by atoms with van der Waals surface area (Å²) >= 11 is 0. The van der Waals surface area contributed by atoms with Crippen molar-refractivity contribution >= 4 is 11.6 Å². The summed E-state index contributed by atoms with van der Waals surface area (Å²) in [6.07, 6.45) is 1.82. The molecule has 1 amide bonds. The van der Waals surface area contributed by atoms with E-state index < -0.39 is 0 Å². The van der Waals surface area contributed by atoms with E-state index in [0.717, 1.165) is 18.8 Å². The van der Waals surface area contributed by atoms with Gasteiger partial charge in [-0.2, -0.15) is 0 Å². The van der Waals surface area contributed by atoms with Gasteiger partial charge in [-0.15, -0.1) is 0 Å². The van der Waals surface area contributed by atoms with Gasteiger partial charge in [0.1, 0.15) is 11.8 Å². The van der Waals surface area contributed by atoms with Crippen LogP contribution in [0, 0.1) is 0 Å². The summed E-state index contributed by atoms with van der Waals surface area (Å²) in [5.74, 6) is -0.173. The molecule has 0 radical (unpaired) electrons. The molecule has 1 aromatic heterocycles. The van der Waals surface area contributed by atoms with Crippen LogP contribution >= 0.6 is 0 Å². The van der Waals surface area contributed by atoms with Crippen LogP contribution in [0.15, 0.2) is 48.7 Å². The summed E-state index contributed by atoms with van der Waals surface area (Å²) in [6, 6.07) is 14.0. The van der Waals surface area contributed by atoms with E-state index in [1.807, 2.05) is 30.3 Å². The van der Waals surface area contributed by atoms with Crippen molar-refractivity contribution in [2.75, 3.05) is 25.0 Å². The molecule has 3 rings (SSSR count). The molecule has 2 heterocycles. The number of hydrogen-bond acceptors (Lipinski definition) is 4. The SMILES string of the molecule is CNC(=O)c1cc(N2C[C@H](C)O[C@@H](c3ccccc3)C2)ccn1. The molecule has 2 aromatic rings. The number of carbonyl (C=O) groups is 1. The first kappa shape index (κ1) is 15.5. The number of nitrogens with one attached hydrogen (secondary N) is 1. The van der Waals surface area contributed by atoms with Crippen LogP contribution in [0.1, 0.15) is 29.1 Å². The van der Waals surface area contributed by atoms with Gasteiger partial charge in [0.2, 0.25) is 0 Å². The van der Waals surface area contributed by atoms with E-state index in [0.29, 0.717) is 5.69 Å². The summed E-state index contributed by atoms with van der Waals surface area (Å²) < 4.78 is 6.09. The predicted octanol–water partition coefficient (Wildman–Crippen LogP) is 2.41. The molecule has 0 aliphatic carbocycles. The average Bonchev–Trinajstić information content (AvgIpc) is 2.61. The second kappa shape index (κ2) is 6.79. The maximum atomic E-state index is 11.8. The van der Waals surface area contributed by atoms with Gasteiger partial charge in [-0.3, -0.25) is 9.78 Å². The van der Waals surface area contributed by atoms with E-state index in [2.05, 4.69) is 34.3 Å². The average molecular weight is 311 g/mol. The predicted molar refractivity (Wildman–Crippen MR) is 89.6 cm³/mol. The van der Waals surface area contributed by atoms with Crippen molar-refractivity contribution in [3.05, 3.63) is 59.9 Å². The van der Waals surface area contributed by atoms with Crippen LogP contribution < -0.4 is 10.2 Å². The first-order valence-electron chi connectivity index (χ1n) is 7.81. The summed E-state index contributed by atoms with van der Waals surface area (Å²) in [5, 5.41) is 2.61. The number of ether oxygens (including phenoxy) is 1. The summed E-state index contributed by atoms with van der Waals surface area (Å²) in [4.78, 5) is 18.2. The number of hydrogen-bond donors (Lipinski definition) is 1. The fourth-order valence-electron chi connectivity index (χ4n) is 2.88. The molecule has 120 valence electrons. The van der Waals surface area contributed by atoms with Crippen molar-refractivity contribution in [3.8, 4) is 0 Å². The molecule has 0 bridgehead atoms. The highest BCUT2D eigenvalue weighted by Gasteiger charge is 2.27. The highest BCUT2D eigenvalue weighted by Crippen LogP contribution is 2.28. The molecule has 0 saturated carbocycles. The third-order valence-electron chi connectivity index (χ3n) is 4.00. The van der Waals surface area contributed by atoms with Crippen LogP contribution in [-0.2, 0) is 4.74 Å². The van der Waals surface area contributed by atoms with E-state index in [1.54, 1.807) is 13.2 Å². The van der Waals surface area contributed by atoms with Crippen LogP contribution in [-0.4, -0.2) is 37.1 Å². The quantitative estimate of drug-likeness (QED) is 0.946. The van der Waals surface area contributed by atoms with Gasteiger partial charge in [0.05, 0.1) is 6.10 Å². The summed E-state index contributed by atoms with van der Waals surface area (Å²) in [7, 11) is 1.61. The lowest BCUT2D eigenvalue weighted by Crippen LogP contribution is -2.43. The van der Waals surface area contributed by atoms with Gasteiger partial charge in [0.25, 0.3) is 5.91 Å². The first-order chi connectivity index (χ1) is 11.2. The number of carbonyl (C=O) groups excluding carboxylic acids is 1. The molecule has 0 unspecified atom stereocenters. The maximum Gasteiger partial charge on any atom is 0.269 e. The summed E-state index contributed by atoms with van der Waals surface area (Å²) in [5.41, 5.74) is 2.60. The monoisotopic (exact) mass is 311 g/mol. The Morgan fingerprint density at radius 2 is 2.04 bits per heavy atom. The van der Waals surface area contributed by atoms with Gasteiger partial charge in [0.15, 0.2) is 0 Å². The Bertz CT molecular complexity index is 675. The fourth-order valence-corrected chi connectivity index (χ4v) is 2.88. The van der Waals surface area contributed by atoms with Gasteiger partial charge in [-0.1, -0.05) is 30.3 Å². The number of amides is 1. The Hall–Kier alpha value is -2.40. The number of morpholine rings is 1. The van der Waals surface area contributed by atoms with E-state index in [9.17, 15) is 4.79 Å². The minimum Gasteiger partial charge on any atom is -0.367 e. The van der Waals surface area contributed by atoms with Gasteiger partial charge in [-0.25, -0.2) is 0 Å². The topological polar surface area (TPSA) is 54.5 Å². The van der Waals surface area contributed by atoms with Crippen LogP contribution in [0.25, 0.3) is 0 Å². The molecule has 1 aliphatic rings. The van der Waals surface area contributed by atoms with Crippen LogP contribution in [0.2, 0.25) is 0 Å². The Kier molecular flexibility index (Phi) is 4.57. The lowest BCUT2D eigenvalue weighted by molar-refractivity contribution is -0.0173. The molecular weight excluding hydrogens is 290 g/mol. The molecule has 1 aliphatic heterocycles. The van der Waals surface area contributed by atoms with Crippen molar-refractivity contribution in [3.63, 3.8) is 0 Å². The second-order valence-corrected chi connectivity index (χ2v) is 5.73. The van der Waals surface area contributed by atoms with Gasteiger partial charge in [-0.05, 0) is 24.6 Å². The molecule has 1 N–H and O–H groups in total. The Morgan fingerprint density at radius 3 is 2.78 bits per heavy atom. The smallest absolute Gasteiger partial charge is 0.269 e. The molecule has 5 nitrogen and oxygen atoms in total. The normalized spacial score (nSPS) is 21.0. The molecule has 1 fully saturated rings. The number of pyridine rings is 1. The first-order valence-corrected chi connectivity index (χ1v) is 7.81. The zero-order valence-corrected chi connectivity index (χ0v) is 13.4. The van der Waals surface area contributed by atoms with E-state index in [4.69, 9.17) is 4.74 Å². The minimum absolute atomic E-state index is 0.0246. The maximum absolute atomic E-state index is 11.8. The van der Waals surface area contributed by atoms with Gasteiger partial charge < -0.3 is 15.0 Å². The van der Waals surface area contributed by atoms with Gasteiger partial charge in [0, 0.05) is 32.0 Å². The molecule has 2 atom stereocenters. The lowest BCUT2D eigenvalue weighted by Gasteiger charge is -2.38. The zero-order valence-electron chi connectivity index (χ0n) is 13.4. The minimum atomic E-state index is -0.173. The number of anilines is 1. The number of aromatic nitrogens is 1. The van der Waals surface area contributed by atoms with Crippen LogP contribution in [0.4, 0.5) is 5.69 Å². The zero-order chi connectivity index (χ0) is 16.2. The van der Waals surface area contributed by atoms with Crippen molar-refractivity contribution in [2.24, 2.45) is 0 Å². The summed E-state index contributed by atoms with van der Waals surface area (Å²) in [6.45, 7) is 3.62. The lowest BCUT2D eigenvalue weighted by atomic mass is 10.1. The van der Waals surface area contributed by atoms with Crippen molar-refractivity contribution in [1.82, 2.24) is 10.3 Å². The van der Waals surface area contributed by atoms with Crippen molar-refractivity contribution < 1.29 is 9.53 Å². The number of benzene rings is 1. The highest BCUT2D eigenvalue weighted by atomic mass is 16.5. The Balaban J connectivity index is 1.83. The van der Waals surface area contributed by atoms with Gasteiger partial charge >= 0.3 is 0 Å². The highest BCUT2D eigenvalue weighted by molar-refractivity contribution is 5.92. The van der Waals surface area contributed by atoms with Crippen LogP contribution in [0.3, 0.4) is 0 Å². The van der Waals surface area contributed by atoms with E-state index in [1.165, 1.54) is 5.56 Å². The third-order valence-corrected chi connectivity index (χ3v) is 4.00. The van der Waals surface area contributed by atoms with Crippen molar-refractivity contribution in [2.45, 2.75) is 19.1 Å².